The monoisotopic (exact) mass is 413 g/mol. The van der Waals surface area contributed by atoms with Crippen molar-refractivity contribution in [1.82, 2.24) is 14.8 Å². The fourth-order valence-electron chi connectivity index (χ4n) is 5.26. The van der Waals surface area contributed by atoms with E-state index in [1.54, 1.807) is 6.07 Å². The van der Waals surface area contributed by atoms with E-state index in [9.17, 15) is 9.59 Å². The molecule has 5 nitrogen and oxygen atoms in total. The van der Waals surface area contributed by atoms with Crippen molar-refractivity contribution in [3.05, 3.63) is 58.5 Å². The highest BCUT2D eigenvalue weighted by Crippen LogP contribution is 2.37. The molecule has 3 aliphatic rings. The lowest BCUT2D eigenvalue weighted by molar-refractivity contribution is -0.138. The lowest BCUT2D eigenvalue weighted by atomic mass is 9.81. The maximum absolute atomic E-state index is 13.1. The Balaban J connectivity index is 0.00000205. The molecule has 2 bridgehead atoms. The van der Waals surface area contributed by atoms with Crippen LogP contribution < -0.4 is 10.9 Å². The van der Waals surface area contributed by atoms with E-state index in [-0.39, 0.29) is 29.8 Å². The number of hydrogen-bond donors (Lipinski definition) is 1. The van der Waals surface area contributed by atoms with Crippen LogP contribution in [0.3, 0.4) is 0 Å². The molecule has 0 spiro atoms. The molecule has 5 rings (SSSR count). The molecule has 1 aromatic heterocycles. The van der Waals surface area contributed by atoms with Crippen molar-refractivity contribution in [3.8, 4) is 11.1 Å². The van der Waals surface area contributed by atoms with Gasteiger partial charge in [0.15, 0.2) is 0 Å². The second-order valence-corrected chi connectivity index (χ2v) is 8.57. The summed E-state index contributed by atoms with van der Waals surface area (Å²) in [4.78, 5) is 28.0. The van der Waals surface area contributed by atoms with Gasteiger partial charge < -0.3 is 14.8 Å². The minimum atomic E-state index is 0. The lowest BCUT2D eigenvalue weighted by Gasteiger charge is -2.44. The van der Waals surface area contributed by atoms with Crippen molar-refractivity contribution in [2.75, 3.05) is 26.2 Å². The molecule has 0 radical (unpaired) electrons. The Labute approximate surface area is 177 Å². The standard InChI is InChI=1S/C23H27N3O2.ClH/c27-22-11-19(17-5-2-1-3-6-17)10-21-20-9-16(14-26(21)22)13-25(15-20)23(28)18-7-4-8-24-12-18;/h1-3,5-6,10-11,16,18,20,24H,4,7-9,12-15H2;1H/t16-,18+,20+;/m0./s1. The number of nitrogens with one attached hydrogen (secondary N) is 1. The van der Waals surface area contributed by atoms with Crippen molar-refractivity contribution < 1.29 is 4.79 Å². The molecule has 3 aliphatic heterocycles. The smallest absolute Gasteiger partial charge is 0.251 e. The second-order valence-electron chi connectivity index (χ2n) is 8.57. The van der Waals surface area contributed by atoms with Gasteiger partial charge in [-0.15, -0.1) is 12.4 Å². The summed E-state index contributed by atoms with van der Waals surface area (Å²) in [5, 5.41) is 3.36. The van der Waals surface area contributed by atoms with Gasteiger partial charge in [-0.05, 0) is 48.9 Å². The Morgan fingerprint density at radius 3 is 2.62 bits per heavy atom. The number of fused-ring (bicyclic) bond motifs is 4. The summed E-state index contributed by atoms with van der Waals surface area (Å²) in [5.74, 6) is 1.05. The van der Waals surface area contributed by atoms with Crippen molar-refractivity contribution in [3.63, 3.8) is 0 Å². The molecule has 3 atom stereocenters. The van der Waals surface area contributed by atoms with Gasteiger partial charge in [-0.1, -0.05) is 30.3 Å². The Bertz CT molecular complexity index is 937. The molecule has 0 saturated carbocycles. The molecule has 29 heavy (non-hydrogen) atoms. The molecular formula is C23H28ClN3O2. The van der Waals surface area contributed by atoms with Gasteiger partial charge in [0.2, 0.25) is 5.91 Å². The van der Waals surface area contributed by atoms with Gasteiger partial charge in [0, 0.05) is 43.9 Å². The Morgan fingerprint density at radius 1 is 1.03 bits per heavy atom. The Hall–Kier alpha value is -2.11. The first-order chi connectivity index (χ1) is 13.7. The minimum absolute atomic E-state index is 0. The minimum Gasteiger partial charge on any atom is -0.341 e. The molecule has 1 amide bonds. The Morgan fingerprint density at radius 2 is 1.86 bits per heavy atom. The van der Waals surface area contributed by atoms with Crippen molar-refractivity contribution in [2.24, 2.45) is 11.8 Å². The van der Waals surface area contributed by atoms with E-state index in [4.69, 9.17) is 0 Å². The number of pyridine rings is 1. The molecule has 0 unspecified atom stereocenters. The van der Waals surface area contributed by atoms with E-state index in [1.165, 1.54) is 0 Å². The number of piperidine rings is 2. The number of hydrogen-bond acceptors (Lipinski definition) is 3. The van der Waals surface area contributed by atoms with E-state index in [0.717, 1.165) is 68.8 Å². The third-order valence-corrected chi connectivity index (χ3v) is 6.62. The molecule has 4 heterocycles. The molecule has 1 aromatic carbocycles. The fourth-order valence-corrected chi connectivity index (χ4v) is 5.26. The van der Waals surface area contributed by atoms with Gasteiger partial charge in [-0.25, -0.2) is 0 Å². The normalized spacial score (nSPS) is 25.7. The molecule has 154 valence electrons. The predicted octanol–water partition coefficient (Wildman–Crippen LogP) is 2.88. The van der Waals surface area contributed by atoms with Crippen LogP contribution in [-0.2, 0) is 11.3 Å². The quantitative estimate of drug-likeness (QED) is 0.823. The van der Waals surface area contributed by atoms with E-state index in [2.05, 4.69) is 16.3 Å². The van der Waals surface area contributed by atoms with Crippen molar-refractivity contribution >= 4 is 18.3 Å². The largest absolute Gasteiger partial charge is 0.341 e. The maximum atomic E-state index is 13.1. The average Bonchev–Trinajstić information content (AvgIpc) is 2.75. The van der Waals surface area contributed by atoms with Gasteiger partial charge >= 0.3 is 0 Å². The summed E-state index contributed by atoms with van der Waals surface area (Å²) in [6.45, 7) is 4.08. The van der Waals surface area contributed by atoms with Crippen LogP contribution in [0.5, 0.6) is 0 Å². The summed E-state index contributed by atoms with van der Waals surface area (Å²) >= 11 is 0. The van der Waals surface area contributed by atoms with Crippen LogP contribution >= 0.6 is 12.4 Å². The Kier molecular flexibility index (Phi) is 5.79. The van der Waals surface area contributed by atoms with Crippen molar-refractivity contribution in [2.45, 2.75) is 31.7 Å². The fraction of sp³-hybridized carbons (Fsp3) is 0.478. The second kappa shape index (κ2) is 8.33. The van der Waals surface area contributed by atoms with Crippen LogP contribution in [0.2, 0.25) is 0 Å². The third kappa shape index (κ3) is 3.86. The average molecular weight is 414 g/mol. The molecule has 1 N–H and O–H groups in total. The number of carbonyl (C=O) groups excluding carboxylic acids is 1. The highest BCUT2D eigenvalue weighted by Gasteiger charge is 2.38. The summed E-state index contributed by atoms with van der Waals surface area (Å²) in [5.41, 5.74) is 3.24. The molecule has 2 fully saturated rings. The van der Waals surface area contributed by atoms with Crippen LogP contribution in [-0.4, -0.2) is 41.6 Å². The number of likely N-dealkylation sites (tertiary alicyclic amines) is 1. The summed E-state index contributed by atoms with van der Waals surface area (Å²) in [7, 11) is 0. The molecule has 2 aromatic rings. The predicted molar refractivity (Wildman–Crippen MR) is 116 cm³/mol. The number of carbonyl (C=O) groups is 1. The summed E-state index contributed by atoms with van der Waals surface area (Å²) in [6, 6.07) is 14.0. The highest BCUT2D eigenvalue weighted by atomic mass is 35.5. The van der Waals surface area contributed by atoms with Gasteiger partial charge in [-0.2, -0.15) is 0 Å². The van der Waals surface area contributed by atoms with Crippen LogP contribution in [0.25, 0.3) is 11.1 Å². The first kappa shape index (κ1) is 20.2. The van der Waals surface area contributed by atoms with E-state index < -0.39 is 0 Å². The number of amides is 1. The number of rotatable bonds is 2. The molecule has 0 aliphatic carbocycles. The lowest BCUT2D eigenvalue weighted by Crippen LogP contribution is -2.52. The maximum Gasteiger partial charge on any atom is 0.251 e. The van der Waals surface area contributed by atoms with Crippen LogP contribution in [0.1, 0.15) is 30.9 Å². The van der Waals surface area contributed by atoms with Gasteiger partial charge in [0.25, 0.3) is 5.56 Å². The number of benzene rings is 1. The first-order valence-electron chi connectivity index (χ1n) is 10.5. The van der Waals surface area contributed by atoms with Gasteiger partial charge in [-0.3, -0.25) is 9.59 Å². The van der Waals surface area contributed by atoms with E-state index in [1.807, 2.05) is 34.9 Å². The highest BCUT2D eigenvalue weighted by molar-refractivity contribution is 5.85. The van der Waals surface area contributed by atoms with E-state index in [0.29, 0.717) is 11.8 Å². The number of halogens is 1. The van der Waals surface area contributed by atoms with Gasteiger partial charge in [0.1, 0.15) is 0 Å². The zero-order valence-electron chi connectivity index (χ0n) is 16.5. The zero-order chi connectivity index (χ0) is 19.1. The molecule has 2 saturated heterocycles. The topological polar surface area (TPSA) is 54.3 Å². The van der Waals surface area contributed by atoms with E-state index >= 15 is 0 Å². The van der Waals surface area contributed by atoms with Crippen LogP contribution in [0, 0.1) is 11.8 Å². The summed E-state index contributed by atoms with van der Waals surface area (Å²) < 4.78 is 1.95. The molecule has 6 heteroatoms. The third-order valence-electron chi connectivity index (χ3n) is 6.62. The molecular weight excluding hydrogens is 386 g/mol. The first-order valence-corrected chi connectivity index (χ1v) is 10.5. The summed E-state index contributed by atoms with van der Waals surface area (Å²) in [6.07, 6.45) is 3.14. The number of aromatic nitrogens is 1. The van der Waals surface area contributed by atoms with Crippen LogP contribution in [0.15, 0.2) is 47.3 Å². The SMILES string of the molecule is Cl.O=C([C@@H]1CCCNC1)N1C[C@@H]2C[C@H](C1)c1cc(-c3ccccc3)cc(=O)n1C2. The number of nitrogens with zero attached hydrogens (tertiary/aromatic N) is 2. The van der Waals surface area contributed by atoms with Crippen LogP contribution in [0.4, 0.5) is 0 Å². The zero-order valence-corrected chi connectivity index (χ0v) is 17.4. The van der Waals surface area contributed by atoms with Crippen molar-refractivity contribution in [1.29, 1.82) is 0 Å². The van der Waals surface area contributed by atoms with Gasteiger partial charge in [0.05, 0.1) is 5.92 Å².